The molecule has 8 nitrogen and oxygen atoms in total. The number of aromatic hydroxyl groups is 1. The molecule has 0 amide bonds. The molecule has 2 heterocycles. The van der Waals surface area contributed by atoms with Crippen LogP contribution in [0.5, 0.6) is 11.5 Å². The molecule has 3 atom stereocenters. The molecule has 1 saturated heterocycles. The lowest BCUT2D eigenvalue weighted by atomic mass is 10.1. The van der Waals surface area contributed by atoms with Gasteiger partial charge in [-0.1, -0.05) is 0 Å². The summed E-state index contributed by atoms with van der Waals surface area (Å²) in [5, 5.41) is 20.5. The number of hydrogen-bond acceptors (Lipinski definition) is 8. The predicted octanol–water partition coefficient (Wildman–Crippen LogP) is 1.84. The van der Waals surface area contributed by atoms with Crippen molar-refractivity contribution in [2.45, 2.75) is 31.0 Å². The average Bonchev–Trinajstić information content (AvgIpc) is 3.31. The molecular weight excluding hydrogens is 396 g/mol. The molecule has 9 heteroatoms. The molecule has 1 fully saturated rings. The summed E-state index contributed by atoms with van der Waals surface area (Å²) in [7, 11) is 3.48. The van der Waals surface area contributed by atoms with Crippen LogP contribution in [0.1, 0.15) is 18.4 Å². The van der Waals surface area contributed by atoms with E-state index in [0.29, 0.717) is 44.2 Å². The number of thioether (sulfide) groups is 1. The Morgan fingerprint density at radius 2 is 2.07 bits per heavy atom. The highest BCUT2D eigenvalue weighted by molar-refractivity contribution is 8.14. The topological polar surface area (TPSA) is 101 Å². The van der Waals surface area contributed by atoms with Crippen LogP contribution in [0.25, 0.3) is 0 Å². The molecular formula is C20H28N2O6S. The number of aliphatic carboxylic acids is 1. The molecule has 1 aromatic carbocycles. The van der Waals surface area contributed by atoms with Gasteiger partial charge in [0, 0.05) is 30.5 Å². The van der Waals surface area contributed by atoms with Gasteiger partial charge in [-0.3, -0.25) is 14.7 Å². The van der Waals surface area contributed by atoms with Crippen LogP contribution < -0.4 is 4.74 Å². The average molecular weight is 425 g/mol. The third-order valence-corrected chi connectivity index (χ3v) is 6.39. The number of carbonyl (C=O) groups is 1. The van der Waals surface area contributed by atoms with E-state index in [1.807, 2.05) is 24.1 Å². The lowest BCUT2D eigenvalue weighted by molar-refractivity contribution is -0.142. The fourth-order valence-corrected chi connectivity index (χ4v) is 4.87. The number of rotatable bonds is 10. The van der Waals surface area contributed by atoms with E-state index in [1.165, 1.54) is 0 Å². The number of likely N-dealkylation sites (tertiary alicyclic amines) is 1. The minimum absolute atomic E-state index is 0.0314. The van der Waals surface area contributed by atoms with Gasteiger partial charge in [-0.05, 0) is 32.0 Å². The SMILES string of the molecule is COCCOCCOc1ccc(C2=NC(C3CCC(C(=O)O)N3C)CS2)c(O)c1. The van der Waals surface area contributed by atoms with Crippen molar-refractivity contribution >= 4 is 22.8 Å². The van der Waals surface area contributed by atoms with Crippen LogP contribution in [0.4, 0.5) is 0 Å². The van der Waals surface area contributed by atoms with Crippen molar-refractivity contribution in [1.82, 2.24) is 4.90 Å². The van der Waals surface area contributed by atoms with Crippen LogP contribution >= 0.6 is 11.8 Å². The van der Waals surface area contributed by atoms with Crippen LogP contribution in [0, 0.1) is 0 Å². The van der Waals surface area contributed by atoms with Crippen molar-refractivity contribution in [3.05, 3.63) is 23.8 Å². The molecule has 0 aromatic heterocycles. The second-order valence-electron chi connectivity index (χ2n) is 7.11. The minimum atomic E-state index is -0.776. The van der Waals surface area contributed by atoms with E-state index in [2.05, 4.69) is 0 Å². The van der Waals surface area contributed by atoms with E-state index >= 15 is 0 Å². The maximum absolute atomic E-state index is 11.3. The van der Waals surface area contributed by atoms with Gasteiger partial charge in [0.25, 0.3) is 0 Å². The van der Waals surface area contributed by atoms with E-state index in [1.54, 1.807) is 24.9 Å². The third-order valence-electron chi connectivity index (χ3n) is 5.28. The molecule has 0 saturated carbocycles. The Labute approximate surface area is 174 Å². The molecule has 2 aliphatic heterocycles. The Kier molecular flexibility index (Phi) is 7.77. The summed E-state index contributed by atoms with van der Waals surface area (Å²) in [6, 6.07) is 4.91. The van der Waals surface area contributed by atoms with Gasteiger partial charge in [0.05, 0.1) is 25.9 Å². The number of aliphatic imine (C=N–C) groups is 1. The monoisotopic (exact) mass is 424 g/mol. The first-order valence-corrected chi connectivity index (χ1v) is 10.7. The van der Waals surface area contributed by atoms with Gasteiger partial charge < -0.3 is 24.4 Å². The van der Waals surface area contributed by atoms with Crippen molar-refractivity contribution in [1.29, 1.82) is 0 Å². The summed E-state index contributed by atoms with van der Waals surface area (Å²) in [4.78, 5) is 18.0. The van der Waals surface area contributed by atoms with Gasteiger partial charge in [-0.25, -0.2) is 0 Å². The summed E-state index contributed by atoms with van der Waals surface area (Å²) >= 11 is 1.59. The Balaban J connectivity index is 1.57. The largest absolute Gasteiger partial charge is 0.507 e. The molecule has 29 heavy (non-hydrogen) atoms. The fraction of sp³-hybridized carbons (Fsp3) is 0.600. The molecule has 0 radical (unpaired) electrons. The maximum atomic E-state index is 11.3. The number of likely N-dealkylation sites (N-methyl/N-ethyl adjacent to an activating group) is 1. The van der Waals surface area contributed by atoms with Crippen molar-refractivity contribution in [2.75, 3.05) is 46.3 Å². The summed E-state index contributed by atoms with van der Waals surface area (Å²) < 4.78 is 15.9. The number of phenolic OH excluding ortho intramolecular Hbond substituents is 1. The Bertz CT molecular complexity index is 744. The number of phenols is 1. The first-order valence-electron chi connectivity index (χ1n) is 9.69. The number of hydrogen-bond donors (Lipinski definition) is 2. The van der Waals surface area contributed by atoms with Crippen LogP contribution in [0.3, 0.4) is 0 Å². The summed E-state index contributed by atoms with van der Waals surface area (Å²) in [5.74, 6) is 0.703. The van der Waals surface area contributed by atoms with Gasteiger partial charge in [-0.2, -0.15) is 0 Å². The van der Waals surface area contributed by atoms with E-state index < -0.39 is 12.0 Å². The second-order valence-corrected chi connectivity index (χ2v) is 8.12. The lowest BCUT2D eigenvalue weighted by Gasteiger charge is -2.26. The highest BCUT2D eigenvalue weighted by Crippen LogP contribution is 2.35. The number of carboxylic acids is 1. The Morgan fingerprint density at radius 1 is 1.28 bits per heavy atom. The summed E-state index contributed by atoms with van der Waals surface area (Å²) in [5.41, 5.74) is 0.677. The number of nitrogens with zero attached hydrogens (tertiary/aromatic N) is 2. The Morgan fingerprint density at radius 3 is 2.76 bits per heavy atom. The normalized spacial score (nSPS) is 24.6. The molecule has 3 rings (SSSR count). The quantitative estimate of drug-likeness (QED) is 0.549. The fourth-order valence-electron chi connectivity index (χ4n) is 3.71. The van der Waals surface area contributed by atoms with Gasteiger partial charge in [0.1, 0.15) is 29.2 Å². The van der Waals surface area contributed by atoms with Crippen LogP contribution in [-0.2, 0) is 14.3 Å². The van der Waals surface area contributed by atoms with Crippen molar-refractivity contribution in [3.63, 3.8) is 0 Å². The molecule has 1 aromatic rings. The molecule has 160 valence electrons. The second kappa shape index (κ2) is 10.3. The van der Waals surface area contributed by atoms with Crippen LogP contribution in [-0.4, -0.2) is 90.6 Å². The molecule has 2 N–H and O–H groups in total. The number of methoxy groups -OCH3 is 1. The molecule has 0 aliphatic carbocycles. The van der Waals surface area contributed by atoms with E-state index in [0.717, 1.165) is 17.2 Å². The molecule has 0 bridgehead atoms. The van der Waals surface area contributed by atoms with Crippen molar-refractivity contribution in [3.8, 4) is 11.5 Å². The highest BCUT2D eigenvalue weighted by atomic mass is 32.2. The zero-order valence-electron chi connectivity index (χ0n) is 16.7. The highest BCUT2D eigenvalue weighted by Gasteiger charge is 2.40. The van der Waals surface area contributed by atoms with Gasteiger partial charge in [0.2, 0.25) is 0 Å². The minimum Gasteiger partial charge on any atom is -0.507 e. The summed E-state index contributed by atoms with van der Waals surface area (Å²) in [6.45, 7) is 1.90. The predicted molar refractivity (Wildman–Crippen MR) is 111 cm³/mol. The smallest absolute Gasteiger partial charge is 0.320 e. The number of carboxylic acid groups (broad SMARTS) is 1. The first-order chi connectivity index (χ1) is 14.0. The standard InChI is InChI=1S/C20H28N2O6S/c1-22-16(5-6-17(22)20(24)25)15-12-29-19(21-15)14-4-3-13(11-18(14)23)28-10-9-27-8-7-26-2/h3-4,11,15-17,23H,5-10,12H2,1-2H3,(H,24,25). The van der Waals surface area contributed by atoms with Crippen LogP contribution in [0.15, 0.2) is 23.2 Å². The van der Waals surface area contributed by atoms with Gasteiger partial charge in [-0.15, -0.1) is 11.8 Å². The molecule has 3 unspecified atom stereocenters. The zero-order valence-corrected chi connectivity index (χ0v) is 17.6. The van der Waals surface area contributed by atoms with Crippen molar-refractivity contribution < 1.29 is 29.2 Å². The van der Waals surface area contributed by atoms with Gasteiger partial charge >= 0.3 is 5.97 Å². The van der Waals surface area contributed by atoms with Crippen molar-refractivity contribution in [2.24, 2.45) is 4.99 Å². The van der Waals surface area contributed by atoms with Crippen LogP contribution in [0.2, 0.25) is 0 Å². The zero-order chi connectivity index (χ0) is 20.8. The molecule has 0 spiro atoms. The van der Waals surface area contributed by atoms with E-state index in [-0.39, 0.29) is 17.8 Å². The number of ether oxygens (including phenoxy) is 3. The maximum Gasteiger partial charge on any atom is 0.320 e. The van der Waals surface area contributed by atoms with Gasteiger partial charge in [0.15, 0.2) is 0 Å². The molecule has 2 aliphatic rings. The summed E-state index contributed by atoms with van der Waals surface area (Å²) in [6.07, 6.45) is 1.47. The number of benzene rings is 1. The van der Waals surface area contributed by atoms with E-state index in [4.69, 9.17) is 19.2 Å². The van der Waals surface area contributed by atoms with E-state index in [9.17, 15) is 15.0 Å². The third kappa shape index (κ3) is 5.42. The Hall–Kier alpha value is -1.81. The lowest BCUT2D eigenvalue weighted by Crippen LogP contribution is -2.42. The first kappa shape index (κ1) is 21.9.